The monoisotopic (exact) mass is 1870 g/mol. The molecule has 0 radical (unpaired) electrons. The van der Waals surface area contributed by atoms with Gasteiger partial charge in [-0.25, -0.2) is 37.8 Å². The SMILES string of the molecule is COP(=O)(O)OC1C[C@H](n2cnc3c(N)ncnc32)O[C@@H]1COP(=O)(O)OCC(COCCCOP(=O)(O)OCCCCCCO[C@@H]1OC(CO)[C@H](O)[C@H](O)C1NC(C)=O)(COCCCOP(=O)(O)OCCCCCCO[C@@H]1OC(CO)[C@H](O)[C@H](O)C1NC(C)=O)COCCCOP(=O)(O)OCCCCCCO[C@@H]1OC(CO)[C@H](O)C(O)[C@@H]1NC(C)=O. The smallest absolute Gasteiger partial charge is 0.394 e. The van der Waals surface area contributed by atoms with Crippen molar-refractivity contribution in [3.05, 3.63) is 12.7 Å². The number of carbonyl (C=O) groups excluding carboxylic acids is 3. The van der Waals surface area contributed by atoms with Crippen LogP contribution in [0.15, 0.2) is 12.7 Å². The zero-order valence-corrected chi connectivity index (χ0v) is 72.8. The molecule has 0 bridgehead atoms. The van der Waals surface area contributed by atoms with Gasteiger partial charge in [0.1, 0.15) is 103 Å². The summed E-state index contributed by atoms with van der Waals surface area (Å²) < 4.78 is 178. The Labute approximate surface area is 703 Å². The van der Waals surface area contributed by atoms with Crippen molar-refractivity contribution >= 4 is 73.8 Å². The van der Waals surface area contributed by atoms with Crippen LogP contribution in [0.5, 0.6) is 0 Å². The van der Waals surface area contributed by atoms with Crippen LogP contribution in [-0.4, -0.2) is 351 Å². The lowest BCUT2D eigenvalue weighted by Crippen LogP contribution is -2.64. The van der Waals surface area contributed by atoms with Crippen LogP contribution in [0.1, 0.15) is 130 Å². The van der Waals surface area contributed by atoms with Crippen molar-refractivity contribution < 1.29 is 200 Å². The highest BCUT2D eigenvalue weighted by Gasteiger charge is 2.50. The van der Waals surface area contributed by atoms with Crippen LogP contribution >= 0.6 is 39.1 Å². The summed E-state index contributed by atoms with van der Waals surface area (Å²) in [7, 11) is -23.1. The maximum Gasteiger partial charge on any atom is 0.472 e. The van der Waals surface area contributed by atoms with E-state index < -0.39 is 245 Å². The van der Waals surface area contributed by atoms with E-state index in [1.807, 2.05) is 0 Å². The van der Waals surface area contributed by atoms with Crippen LogP contribution in [0.25, 0.3) is 11.2 Å². The van der Waals surface area contributed by atoms with Crippen LogP contribution in [0, 0.1) is 5.41 Å². The fourth-order valence-electron chi connectivity index (χ4n) is 12.8. The van der Waals surface area contributed by atoms with Crippen molar-refractivity contribution in [1.29, 1.82) is 0 Å². The van der Waals surface area contributed by atoms with Gasteiger partial charge in [0, 0.05) is 73.9 Å². The van der Waals surface area contributed by atoms with Gasteiger partial charge >= 0.3 is 39.1 Å². The standard InChI is InChI=1S/C67H123N8O42P5/c1-43(79)72-52-59(85)56(82)47(33-76)114-64(52)102-23-11-5-8-14-26-105-119(90,91)108-29-17-20-99-37-67(40-112-122(96,97)111-36-50-46(117-118(88,89)98-4)32-51(113-50)75-42-71-55-62(68)69-41-70-63(55)75,38-100-21-18-30-109-120(92,93)106-27-15-9-6-12-24-103-65-53(73-44(2)80)60(86)57(83)48(34-77)115-65)39-101-22-19-31-110-121(94,95)107-28-16-10-7-13-25-104-66-54(74-45(3)81)61(87)58(84)49(35-78)116-66/h41-42,46-54,56-61,64-66,76-78,82-87H,5-40H2,1-4H3,(H,72,79)(H,73,80)(H,74,81)(H,88,89)(H,90,91)(H,92,93)(H,94,95)(H,96,97)(H2,68,69,70)/t46?,47?,48?,49?,50-,51-,52+,53?,54?,56+,57+,58+,59?,60-,61-,64-,65-,66-,67?/m1/s1. The molecule has 19 N–H and O–H groups in total. The van der Waals surface area contributed by atoms with Crippen molar-refractivity contribution in [2.75, 3.05) is 145 Å². The summed E-state index contributed by atoms with van der Waals surface area (Å²) in [6.45, 7) is -3.75. The Balaban J connectivity index is 1.06. The second-order valence-electron chi connectivity index (χ2n) is 29.1. The molecule has 6 rings (SSSR count). The molecule has 708 valence electrons. The van der Waals surface area contributed by atoms with Gasteiger partial charge in [0.25, 0.3) is 0 Å². The van der Waals surface area contributed by atoms with Gasteiger partial charge in [-0.3, -0.25) is 64.2 Å². The number of amides is 3. The molecule has 122 heavy (non-hydrogen) atoms. The number of hydrogen-bond acceptors (Lipinski definition) is 41. The van der Waals surface area contributed by atoms with E-state index in [1.165, 1.54) is 31.7 Å². The number of aliphatic hydroxyl groups excluding tert-OH is 9. The van der Waals surface area contributed by atoms with E-state index in [2.05, 4.69) is 35.4 Å². The molecule has 0 saturated carbocycles. The number of unbranched alkanes of at least 4 members (excludes halogenated alkanes) is 9. The van der Waals surface area contributed by atoms with Crippen LogP contribution in [-0.2, 0) is 130 Å². The molecule has 4 fully saturated rings. The second kappa shape index (κ2) is 54.3. The topological polar surface area (TPSA) is 710 Å². The number of nitrogens with two attached hydrogens (primary N) is 1. The number of hydrogen-bond donors (Lipinski definition) is 18. The molecule has 0 aliphatic carbocycles. The highest BCUT2D eigenvalue weighted by atomic mass is 31.2. The third-order valence-electron chi connectivity index (χ3n) is 19.1. The van der Waals surface area contributed by atoms with Crippen molar-refractivity contribution in [1.82, 2.24) is 35.5 Å². The number of aromatic nitrogens is 4. The minimum atomic E-state index is -5.30. The Morgan fingerprint density at radius 1 is 0.443 bits per heavy atom. The van der Waals surface area contributed by atoms with Crippen molar-refractivity contribution in [2.24, 2.45) is 5.41 Å². The summed E-state index contributed by atoms with van der Waals surface area (Å²) in [4.78, 5) is 101. The summed E-state index contributed by atoms with van der Waals surface area (Å²) in [5.41, 5.74) is 4.71. The maximum atomic E-state index is 14.1. The number of nitrogens with zero attached hydrogens (tertiary/aromatic N) is 4. The zero-order chi connectivity index (χ0) is 89.7. The van der Waals surface area contributed by atoms with Gasteiger partial charge in [-0.05, 0) is 57.8 Å². The van der Waals surface area contributed by atoms with Crippen molar-refractivity contribution in [3.8, 4) is 0 Å². The molecule has 23 atom stereocenters. The predicted molar refractivity (Wildman–Crippen MR) is 415 cm³/mol. The number of anilines is 1. The number of aliphatic hydroxyl groups is 9. The molecule has 0 aromatic carbocycles. The van der Waals surface area contributed by atoms with Crippen molar-refractivity contribution in [2.45, 2.75) is 234 Å². The van der Waals surface area contributed by atoms with Crippen LogP contribution in [0.4, 0.5) is 5.82 Å². The molecule has 0 spiro atoms. The lowest BCUT2D eigenvalue weighted by atomic mass is 9.92. The Morgan fingerprint density at radius 2 is 0.787 bits per heavy atom. The summed E-state index contributed by atoms with van der Waals surface area (Å²) in [5, 5.41) is 98.7. The molecular formula is C67H123N8O42P5. The molecule has 55 heteroatoms. The number of phosphoric ester groups is 5. The minimum absolute atomic E-state index is 0.0212. The average Bonchev–Trinajstić information content (AvgIpc) is 1.68. The molecule has 6 heterocycles. The molecular weight excluding hydrogens is 1740 g/mol. The van der Waals surface area contributed by atoms with E-state index in [-0.39, 0.29) is 102 Å². The lowest BCUT2D eigenvalue weighted by Gasteiger charge is -2.42. The predicted octanol–water partition coefficient (Wildman–Crippen LogP) is -0.869. The number of carbonyl (C=O) groups is 3. The molecule has 4 aliphatic rings. The first kappa shape index (κ1) is 107. The Morgan fingerprint density at radius 3 is 1.13 bits per heavy atom. The number of rotatable bonds is 64. The Bertz CT molecular complexity index is 3400. The number of nitrogen functional groups attached to an aromatic ring is 1. The molecule has 4 aliphatic heterocycles. The largest absolute Gasteiger partial charge is 0.472 e. The first-order chi connectivity index (χ1) is 57.9. The van der Waals surface area contributed by atoms with E-state index in [9.17, 15) is 108 Å². The van der Waals surface area contributed by atoms with E-state index in [0.29, 0.717) is 77.0 Å². The number of phosphoric acid groups is 5. The van der Waals surface area contributed by atoms with Gasteiger partial charge in [-0.2, -0.15) is 0 Å². The van der Waals surface area contributed by atoms with Gasteiger partial charge in [-0.1, -0.05) is 38.5 Å². The number of imidazole rings is 1. The molecule has 3 amide bonds. The van der Waals surface area contributed by atoms with Crippen LogP contribution < -0.4 is 21.7 Å². The third kappa shape index (κ3) is 37.6. The van der Waals surface area contributed by atoms with Gasteiger partial charge in [0.05, 0.1) is 104 Å². The minimum Gasteiger partial charge on any atom is -0.394 e. The normalized spacial score (nSPS) is 28.8. The fourth-order valence-corrected chi connectivity index (χ4v) is 16.6. The van der Waals surface area contributed by atoms with Gasteiger partial charge in [0.2, 0.25) is 17.7 Å². The third-order valence-corrected chi connectivity index (χ3v) is 24.1. The maximum absolute atomic E-state index is 14.1. The molecule has 50 nitrogen and oxygen atoms in total. The van der Waals surface area contributed by atoms with Gasteiger partial charge in [-0.15, -0.1) is 0 Å². The van der Waals surface area contributed by atoms with Crippen molar-refractivity contribution in [3.63, 3.8) is 0 Å². The fraction of sp³-hybridized carbons (Fsp3) is 0.881. The molecule has 4 saturated heterocycles. The van der Waals surface area contributed by atoms with Crippen LogP contribution in [0.3, 0.4) is 0 Å². The summed E-state index contributed by atoms with van der Waals surface area (Å²) >= 11 is 0. The number of nitrogens with one attached hydrogen (secondary N) is 3. The average molecular weight is 1870 g/mol. The summed E-state index contributed by atoms with van der Waals surface area (Å²) in [5.74, 6) is -1.54. The molecule has 2 aromatic heterocycles. The Kier molecular flexibility index (Phi) is 47.7. The highest BCUT2D eigenvalue weighted by Crippen LogP contribution is 2.51. The van der Waals surface area contributed by atoms with Gasteiger partial charge in [0.15, 0.2) is 30.3 Å². The van der Waals surface area contributed by atoms with E-state index >= 15 is 0 Å². The first-order valence-electron chi connectivity index (χ1n) is 39.8. The number of fused-ring (bicyclic) bond motifs is 1. The van der Waals surface area contributed by atoms with Crippen LogP contribution in [0.2, 0.25) is 0 Å². The lowest BCUT2D eigenvalue weighted by molar-refractivity contribution is -0.270. The van der Waals surface area contributed by atoms with E-state index in [1.54, 1.807) is 0 Å². The quantitative estimate of drug-likeness (QED) is 0.0283. The molecule has 2 aromatic rings. The second-order valence-corrected chi connectivity index (χ2v) is 36.4. The molecule has 12 unspecified atom stereocenters. The van der Waals surface area contributed by atoms with Gasteiger partial charge < -0.3 is 139 Å². The first-order valence-corrected chi connectivity index (χ1v) is 47.3. The number of ether oxygens (including phenoxy) is 10. The van der Waals surface area contributed by atoms with E-state index in [4.69, 9.17) is 93.8 Å². The Hall–Kier alpha value is -3.45. The van der Waals surface area contributed by atoms with E-state index in [0.717, 1.165) is 13.4 Å². The highest BCUT2D eigenvalue weighted by molar-refractivity contribution is 7.48. The zero-order valence-electron chi connectivity index (χ0n) is 68.3. The summed E-state index contributed by atoms with van der Waals surface area (Å²) in [6, 6.07) is -3.38. The summed E-state index contributed by atoms with van der Waals surface area (Å²) in [6.07, 6.45) is -12.7.